The highest BCUT2D eigenvalue weighted by Gasteiger charge is 2.31. The number of amides is 1. The number of ketones is 1. The van der Waals surface area contributed by atoms with E-state index in [1.54, 1.807) is 31.3 Å². The number of likely N-dealkylation sites (N-methyl/N-ethyl adjacent to an activating group) is 1. The van der Waals surface area contributed by atoms with Crippen LogP contribution in [0.5, 0.6) is 11.5 Å². The fourth-order valence-electron chi connectivity index (χ4n) is 4.53. The molecule has 0 aliphatic carbocycles. The molecule has 1 amide bonds. The summed E-state index contributed by atoms with van der Waals surface area (Å²) in [5.74, 6) is 1.41. The summed E-state index contributed by atoms with van der Waals surface area (Å²) in [6, 6.07) is 6.82. The van der Waals surface area contributed by atoms with E-state index < -0.39 is 12.3 Å². The minimum atomic E-state index is -1.01. The summed E-state index contributed by atoms with van der Waals surface area (Å²) in [5.41, 5.74) is 0. The first-order valence-corrected chi connectivity index (χ1v) is 12.8. The third-order valence-electron chi connectivity index (χ3n) is 6.57. The molecule has 1 fully saturated rings. The summed E-state index contributed by atoms with van der Waals surface area (Å²) in [4.78, 5) is 27.8. The number of ether oxygens (including phenoxy) is 2. The van der Waals surface area contributed by atoms with Gasteiger partial charge in [0.1, 0.15) is 18.1 Å². The molecule has 2 rings (SSSR count). The predicted octanol–water partition coefficient (Wildman–Crippen LogP) is 4.34. The molecule has 0 aromatic heterocycles. The number of Topliss-reactive ketones (excluding diaryl/α,β-unsaturated/α-hetero) is 1. The summed E-state index contributed by atoms with van der Waals surface area (Å²) in [7, 11) is 1.63. The first kappa shape index (κ1) is 28.1. The van der Waals surface area contributed by atoms with Gasteiger partial charge in [0.05, 0.1) is 12.7 Å². The molecule has 0 saturated carbocycles. The van der Waals surface area contributed by atoms with E-state index in [0.29, 0.717) is 30.3 Å². The minimum absolute atomic E-state index is 0.0566. The quantitative estimate of drug-likeness (QED) is 0.549. The summed E-state index contributed by atoms with van der Waals surface area (Å²) in [5, 5.41) is 19.3. The van der Waals surface area contributed by atoms with Crippen LogP contribution in [0.25, 0.3) is 0 Å². The SMILES string of the molecule is CCC[C@H](O)C[C@@H]1CC[C@H](C)CCCCC(=O)N(C)C(Oc2ccc(OCCO)cc2)C(=O)C1. The van der Waals surface area contributed by atoms with Crippen molar-refractivity contribution >= 4 is 11.7 Å². The Labute approximate surface area is 204 Å². The van der Waals surface area contributed by atoms with Gasteiger partial charge in [0.2, 0.25) is 12.1 Å². The van der Waals surface area contributed by atoms with E-state index in [-0.39, 0.29) is 37.2 Å². The van der Waals surface area contributed by atoms with Gasteiger partial charge in [-0.05, 0) is 61.8 Å². The van der Waals surface area contributed by atoms with Crippen LogP contribution in [0.1, 0.15) is 78.1 Å². The molecule has 1 aliphatic rings. The van der Waals surface area contributed by atoms with Gasteiger partial charge in [0, 0.05) is 19.9 Å². The minimum Gasteiger partial charge on any atom is -0.491 e. The lowest BCUT2D eigenvalue weighted by molar-refractivity contribution is -0.148. The molecule has 192 valence electrons. The van der Waals surface area contributed by atoms with Crippen molar-refractivity contribution in [1.29, 1.82) is 0 Å². The molecule has 34 heavy (non-hydrogen) atoms. The molecule has 1 saturated heterocycles. The highest BCUT2D eigenvalue weighted by atomic mass is 16.5. The first-order valence-electron chi connectivity index (χ1n) is 12.8. The van der Waals surface area contributed by atoms with Crippen LogP contribution in [0.15, 0.2) is 24.3 Å². The van der Waals surface area contributed by atoms with Crippen LogP contribution in [-0.2, 0) is 9.59 Å². The first-order chi connectivity index (χ1) is 16.3. The maximum Gasteiger partial charge on any atom is 0.233 e. The van der Waals surface area contributed by atoms with Crippen molar-refractivity contribution in [2.45, 2.75) is 90.4 Å². The number of carbonyl (C=O) groups is 2. The molecule has 4 atom stereocenters. The van der Waals surface area contributed by atoms with E-state index in [0.717, 1.165) is 44.9 Å². The van der Waals surface area contributed by atoms with Crippen molar-refractivity contribution in [3.8, 4) is 11.5 Å². The lowest BCUT2D eigenvalue weighted by atomic mass is 9.86. The lowest BCUT2D eigenvalue weighted by Crippen LogP contribution is -2.46. The number of nitrogens with zero attached hydrogens (tertiary/aromatic N) is 1. The van der Waals surface area contributed by atoms with Crippen molar-refractivity contribution in [2.24, 2.45) is 11.8 Å². The van der Waals surface area contributed by atoms with Gasteiger partial charge in [0.25, 0.3) is 0 Å². The molecule has 7 nitrogen and oxygen atoms in total. The largest absolute Gasteiger partial charge is 0.491 e. The molecule has 1 aromatic rings. The molecular weight excluding hydrogens is 434 g/mol. The molecule has 1 unspecified atom stereocenters. The highest BCUT2D eigenvalue weighted by Crippen LogP contribution is 2.28. The Morgan fingerprint density at radius 1 is 1.09 bits per heavy atom. The Balaban J connectivity index is 2.21. The Morgan fingerprint density at radius 2 is 1.79 bits per heavy atom. The Morgan fingerprint density at radius 3 is 2.47 bits per heavy atom. The van der Waals surface area contributed by atoms with Gasteiger partial charge in [0.15, 0.2) is 5.78 Å². The number of aliphatic hydroxyl groups is 2. The maximum absolute atomic E-state index is 13.5. The summed E-state index contributed by atoms with van der Waals surface area (Å²) in [6.45, 7) is 4.40. The number of benzene rings is 1. The number of hydrogen-bond donors (Lipinski definition) is 2. The highest BCUT2D eigenvalue weighted by molar-refractivity contribution is 5.88. The molecular formula is C27H43NO6. The van der Waals surface area contributed by atoms with Gasteiger partial charge in [-0.2, -0.15) is 0 Å². The van der Waals surface area contributed by atoms with Crippen molar-refractivity contribution < 1.29 is 29.3 Å². The fraction of sp³-hybridized carbons (Fsp3) is 0.704. The van der Waals surface area contributed by atoms with E-state index in [1.165, 1.54) is 4.90 Å². The second kappa shape index (κ2) is 15.0. The third-order valence-corrected chi connectivity index (χ3v) is 6.57. The number of hydrogen-bond acceptors (Lipinski definition) is 6. The van der Waals surface area contributed by atoms with E-state index in [9.17, 15) is 14.7 Å². The average molecular weight is 478 g/mol. The second-order valence-corrected chi connectivity index (χ2v) is 9.66. The number of aliphatic hydroxyl groups excluding tert-OH is 2. The van der Waals surface area contributed by atoms with E-state index in [1.807, 2.05) is 6.92 Å². The van der Waals surface area contributed by atoms with Crippen LogP contribution in [-0.4, -0.2) is 59.4 Å². The second-order valence-electron chi connectivity index (χ2n) is 9.66. The number of rotatable bonds is 9. The van der Waals surface area contributed by atoms with E-state index in [2.05, 4.69) is 6.92 Å². The predicted molar refractivity (Wildman–Crippen MR) is 132 cm³/mol. The topological polar surface area (TPSA) is 96.3 Å². The average Bonchev–Trinajstić information content (AvgIpc) is 2.82. The Bertz CT molecular complexity index is 737. The van der Waals surface area contributed by atoms with Crippen LogP contribution in [0.3, 0.4) is 0 Å². The summed E-state index contributed by atoms with van der Waals surface area (Å²) < 4.78 is 11.4. The molecule has 0 spiro atoms. The monoisotopic (exact) mass is 477 g/mol. The van der Waals surface area contributed by atoms with Gasteiger partial charge in [-0.15, -0.1) is 0 Å². The van der Waals surface area contributed by atoms with E-state index >= 15 is 0 Å². The van der Waals surface area contributed by atoms with Crippen LogP contribution in [0.4, 0.5) is 0 Å². The molecule has 7 heteroatoms. The van der Waals surface area contributed by atoms with E-state index in [4.69, 9.17) is 14.6 Å². The van der Waals surface area contributed by atoms with Crippen LogP contribution >= 0.6 is 0 Å². The molecule has 2 N–H and O–H groups in total. The van der Waals surface area contributed by atoms with Crippen LogP contribution in [0.2, 0.25) is 0 Å². The summed E-state index contributed by atoms with van der Waals surface area (Å²) in [6.07, 6.45) is 6.20. The van der Waals surface area contributed by atoms with Crippen molar-refractivity contribution in [1.82, 2.24) is 4.90 Å². The smallest absolute Gasteiger partial charge is 0.233 e. The molecule has 1 aliphatic heterocycles. The zero-order chi connectivity index (χ0) is 24.9. The van der Waals surface area contributed by atoms with Crippen LogP contribution in [0, 0.1) is 11.8 Å². The normalized spacial score (nSPS) is 24.0. The zero-order valence-electron chi connectivity index (χ0n) is 21.1. The molecule has 1 heterocycles. The zero-order valence-corrected chi connectivity index (χ0v) is 21.1. The van der Waals surface area contributed by atoms with Crippen molar-refractivity contribution in [3.63, 3.8) is 0 Å². The Hall–Kier alpha value is -2.12. The van der Waals surface area contributed by atoms with Gasteiger partial charge in [-0.3, -0.25) is 9.59 Å². The third kappa shape index (κ3) is 9.63. The van der Waals surface area contributed by atoms with Crippen molar-refractivity contribution in [2.75, 3.05) is 20.3 Å². The van der Waals surface area contributed by atoms with Gasteiger partial charge < -0.3 is 24.6 Å². The lowest BCUT2D eigenvalue weighted by Gasteiger charge is -2.29. The molecule has 0 radical (unpaired) electrons. The van der Waals surface area contributed by atoms with Gasteiger partial charge in [-0.25, -0.2) is 0 Å². The summed E-state index contributed by atoms with van der Waals surface area (Å²) >= 11 is 0. The van der Waals surface area contributed by atoms with Crippen LogP contribution < -0.4 is 9.47 Å². The Kier molecular flexibility index (Phi) is 12.4. The van der Waals surface area contributed by atoms with Crippen molar-refractivity contribution in [3.05, 3.63) is 24.3 Å². The maximum atomic E-state index is 13.5. The van der Waals surface area contributed by atoms with Gasteiger partial charge in [-0.1, -0.05) is 39.5 Å². The standard InChI is InChI=1S/C27H43NO6/c1-4-7-22(30)18-21-11-10-20(2)8-5-6-9-26(32)28(3)27(25(31)19-21)34-24-14-12-23(13-15-24)33-17-16-29/h12-15,20-22,27,29-30H,4-11,16-19H2,1-3H3/t20-,21+,22+,27?/m1/s1. The molecule has 1 aromatic carbocycles. The molecule has 0 bridgehead atoms. The fourth-order valence-corrected chi connectivity index (χ4v) is 4.53. The number of carbonyl (C=O) groups excluding carboxylic acids is 2. The van der Waals surface area contributed by atoms with Gasteiger partial charge >= 0.3 is 0 Å².